The second-order valence-corrected chi connectivity index (χ2v) is 4.48. The van der Waals surface area contributed by atoms with E-state index in [0.717, 1.165) is 11.4 Å². The number of halogens is 1. The van der Waals surface area contributed by atoms with Gasteiger partial charge in [0.2, 0.25) is 5.91 Å². The number of rotatable bonds is 1. The third-order valence-corrected chi connectivity index (χ3v) is 2.73. The second-order valence-electron chi connectivity index (χ2n) is 4.05. The Labute approximate surface area is 93.8 Å². The van der Waals surface area contributed by atoms with Crippen molar-refractivity contribution in [2.24, 2.45) is 5.92 Å². The molecule has 2 N–H and O–H groups in total. The fraction of sp³-hybridized carbons (Fsp3) is 0.364. The van der Waals surface area contributed by atoms with Crippen LogP contribution in [0.2, 0.25) is 5.02 Å². The Hall–Kier alpha value is -1.22. The molecular weight excluding hydrogens is 212 g/mol. The van der Waals surface area contributed by atoms with Crippen LogP contribution in [0.3, 0.4) is 0 Å². The molecule has 0 bridgehead atoms. The topological polar surface area (TPSA) is 41.1 Å². The zero-order valence-electron chi connectivity index (χ0n) is 8.67. The van der Waals surface area contributed by atoms with E-state index in [2.05, 4.69) is 10.6 Å². The van der Waals surface area contributed by atoms with Crippen LogP contribution in [0.4, 0.5) is 11.4 Å². The zero-order chi connectivity index (χ0) is 11.0. The summed E-state index contributed by atoms with van der Waals surface area (Å²) in [5.41, 5.74) is 1.68. The van der Waals surface area contributed by atoms with Gasteiger partial charge < -0.3 is 10.6 Å². The van der Waals surface area contributed by atoms with Crippen molar-refractivity contribution < 1.29 is 4.79 Å². The summed E-state index contributed by atoms with van der Waals surface area (Å²) in [6, 6.07) is 5.27. The second kappa shape index (κ2) is 3.74. The fourth-order valence-corrected chi connectivity index (χ4v) is 1.83. The number of hydrogen-bond acceptors (Lipinski definition) is 2. The summed E-state index contributed by atoms with van der Waals surface area (Å²) in [5, 5.41) is 6.67. The smallest absolute Gasteiger partial charge is 0.247 e. The van der Waals surface area contributed by atoms with Crippen LogP contribution in [0.25, 0.3) is 0 Å². The normalized spacial score (nSPS) is 19.5. The maximum atomic E-state index is 11.7. The predicted molar refractivity (Wildman–Crippen MR) is 62.3 cm³/mol. The molecule has 4 heteroatoms. The minimum absolute atomic E-state index is 0.000216. The van der Waals surface area contributed by atoms with E-state index in [1.54, 1.807) is 6.07 Å². The van der Waals surface area contributed by atoms with E-state index in [9.17, 15) is 4.79 Å². The molecule has 2 rings (SSSR count). The van der Waals surface area contributed by atoms with Crippen molar-refractivity contribution >= 4 is 28.9 Å². The molecule has 3 nitrogen and oxygen atoms in total. The van der Waals surface area contributed by atoms with Gasteiger partial charge >= 0.3 is 0 Å². The first-order chi connectivity index (χ1) is 7.08. The lowest BCUT2D eigenvalue weighted by Gasteiger charge is -2.29. The van der Waals surface area contributed by atoms with Crippen LogP contribution >= 0.6 is 11.6 Å². The lowest BCUT2D eigenvalue weighted by Crippen LogP contribution is -2.42. The molecule has 80 valence electrons. The first-order valence-electron chi connectivity index (χ1n) is 4.95. The molecule has 0 aliphatic carbocycles. The number of anilines is 2. The highest BCUT2D eigenvalue weighted by atomic mass is 35.5. The third kappa shape index (κ3) is 1.92. The van der Waals surface area contributed by atoms with Crippen LogP contribution < -0.4 is 10.6 Å². The van der Waals surface area contributed by atoms with E-state index in [4.69, 9.17) is 11.6 Å². The minimum atomic E-state index is -0.168. The van der Waals surface area contributed by atoms with E-state index in [1.165, 1.54) is 0 Å². The molecule has 1 heterocycles. The molecule has 0 fully saturated rings. The van der Waals surface area contributed by atoms with Crippen LogP contribution in [-0.2, 0) is 4.79 Å². The standard InChI is InChI=1S/C11H13ClN2O/c1-6(2)10-11(15)14-9-5-7(12)3-4-8(9)13-10/h3-6,10,13H,1-2H3,(H,14,15). The van der Waals surface area contributed by atoms with Gasteiger partial charge in [-0.1, -0.05) is 25.4 Å². The number of carbonyl (C=O) groups is 1. The number of nitrogens with one attached hydrogen (secondary N) is 2. The quantitative estimate of drug-likeness (QED) is 0.770. The number of fused-ring (bicyclic) bond motifs is 1. The monoisotopic (exact) mass is 224 g/mol. The average Bonchev–Trinajstić information content (AvgIpc) is 2.15. The van der Waals surface area contributed by atoms with E-state index in [1.807, 2.05) is 26.0 Å². The molecule has 0 saturated heterocycles. The zero-order valence-corrected chi connectivity index (χ0v) is 9.43. The summed E-state index contributed by atoms with van der Waals surface area (Å²) in [6.07, 6.45) is 0. The van der Waals surface area contributed by atoms with Gasteiger partial charge in [0.15, 0.2) is 0 Å². The molecule has 1 aromatic carbocycles. The lowest BCUT2D eigenvalue weighted by atomic mass is 10.0. The molecule has 1 aromatic rings. The van der Waals surface area contributed by atoms with Gasteiger partial charge in [0.05, 0.1) is 11.4 Å². The number of hydrogen-bond donors (Lipinski definition) is 2. The van der Waals surface area contributed by atoms with Crippen molar-refractivity contribution in [3.05, 3.63) is 23.2 Å². The van der Waals surface area contributed by atoms with Gasteiger partial charge in [0.1, 0.15) is 6.04 Å². The first-order valence-corrected chi connectivity index (χ1v) is 5.32. The molecule has 1 aliphatic rings. The molecule has 15 heavy (non-hydrogen) atoms. The Bertz CT molecular complexity index is 404. The number of benzene rings is 1. The van der Waals surface area contributed by atoms with Gasteiger partial charge in [-0.25, -0.2) is 0 Å². The maximum absolute atomic E-state index is 11.7. The Kier molecular flexibility index (Phi) is 2.57. The first kappa shape index (κ1) is 10.3. The summed E-state index contributed by atoms with van der Waals surface area (Å²) in [7, 11) is 0. The Morgan fingerprint density at radius 2 is 2.07 bits per heavy atom. The molecular formula is C11H13ClN2O. The van der Waals surface area contributed by atoms with E-state index in [-0.39, 0.29) is 17.9 Å². The minimum Gasteiger partial charge on any atom is -0.372 e. The van der Waals surface area contributed by atoms with Gasteiger partial charge in [-0.05, 0) is 24.1 Å². The lowest BCUT2D eigenvalue weighted by molar-refractivity contribution is -0.117. The summed E-state index contributed by atoms with van der Waals surface area (Å²) < 4.78 is 0. The largest absolute Gasteiger partial charge is 0.372 e. The number of amides is 1. The average molecular weight is 225 g/mol. The SMILES string of the molecule is CC(C)C1Nc2ccc(Cl)cc2NC1=O. The summed E-state index contributed by atoms with van der Waals surface area (Å²) in [4.78, 5) is 11.7. The summed E-state index contributed by atoms with van der Waals surface area (Å²) in [6.45, 7) is 4.02. The molecule has 0 radical (unpaired) electrons. The molecule has 1 atom stereocenters. The molecule has 1 aliphatic heterocycles. The summed E-state index contributed by atoms with van der Waals surface area (Å²) >= 11 is 5.84. The van der Waals surface area contributed by atoms with Crippen molar-refractivity contribution in [3.8, 4) is 0 Å². The van der Waals surface area contributed by atoms with Crippen molar-refractivity contribution in [1.82, 2.24) is 0 Å². The third-order valence-electron chi connectivity index (χ3n) is 2.50. The summed E-state index contributed by atoms with van der Waals surface area (Å²) in [5.74, 6) is 0.258. The van der Waals surface area contributed by atoms with Crippen LogP contribution in [0, 0.1) is 5.92 Å². The van der Waals surface area contributed by atoms with Gasteiger partial charge in [-0.3, -0.25) is 4.79 Å². The molecule has 0 spiro atoms. The number of carbonyl (C=O) groups excluding carboxylic acids is 1. The Morgan fingerprint density at radius 3 is 2.73 bits per heavy atom. The predicted octanol–water partition coefficient (Wildman–Crippen LogP) is 2.73. The van der Waals surface area contributed by atoms with Gasteiger partial charge in [0.25, 0.3) is 0 Å². The Balaban J connectivity index is 2.34. The van der Waals surface area contributed by atoms with Crippen molar-refractivity contribution in [1.29, 1.82) is 0 Å². The van der Waals surface area contributed by atoms with Crippen LogP contribution in [-0.4, -0.2) is 11.9 Å². The van der Waals surface area contributed by atoms with E-state index >= 15 is 0 Å². The highest BCUT2D eigenvalue weighted by molar-refractivity contribution is 6.31. The van der Waals surface area contributed by atoms with E-state index in [0.29, 0.717) is 5.02 Å². The maximum Gasteiger partial charge on any atom is 0.247 e. The van der Waals surface area contributed by atoms with Crippen molar-refractivity contribution in [2.75, 3.05) is 10.6 Å². The van der Waals surface area contributed by atoms with E-state index < -0.39 is 0 Å². The van der Waals surface area contributed by atoms with Crippen LogP contribution in [0.5, 0.6) is 0 Å². The van der Waals surface area contributed by atoms with Crippen molar-refractivity contribution in [2.45, 2.75) is 19.9 Å². The Morgan fingerprint density at radius 1 is 1.33 bits per heavy atom. The highest BCUT2D eigenvalue weighted by Crippen LogP contribution is 2.30. The molecule has 0 saturated carbocycles. The fourth-order valence-electron chi connectivity index (χ4n) is 1.66. The molecule has 1 amide bonds. The highest BCUT2D eigenvalue weighted by Gasteiger charge is 2.27. The van der Waals surface area contributed by atoms with Gasteiger partial charge in [-0.15, -0.1) is 0 Å². The van der Waals surface area contributed by atoms with Crippen LogP contribution in [0.15, 0.2) is 18.2 Å². The van der Waals surface area contributed by atoms with Crippen LogP contribution in [0.1, 0.15) is 13.8 Å². The van der Waals surface area contributed by atoms with Crippen molar-refractivity contribution in [3.63, 3.8) is 0 Å². The molecule has 1 unspecified atom stereocenters. The van der Waals surface area contributed by atoms with Gasteiger partial charge in [-0.2, -0.15) is 0 Å². The van der Waals surface area contributed by atoms with Gasteiger partial charge in [0, 0.05) is 5.02 Å². The molecule has 0 aromatic heterocycles.